The van der Waals surface area contributed by atoms with Crippen molar-refractivity contribution in [2.45, 2.75) is 59.7 Å². The van der Waals surface area contributed by atoms with Gasteiger partial charge < -0.3 is 9.84 Å². The average molecular weight is 188 g/mol. The first-order valence-corrected chi connectivity index (χ1v) is 5.05. The second kappa shape index (κ2) is 4.43. The predicted octanol–water partition coefficient (Wildman–Crippen LogP) is 2.60. The standard InChI is InChI=1S/C11H24O2/c1-7-11(6,10(3,4)5)13-8-9(2)12/h9,12H,7-8H2,1-6H3. The molecule has 0 aromatic heterocycles. The molecule has 1 N–H and O–H groups in total. The van der Waals surface area contributed by atoms with E-state index in [1.165, 1.54) is 0 Å². The van der Waals surface area contributed by atoms with Crippen molar-refractivity contribution < 1.29 is 9.84 Å². The molecule has 0 rings (SSSR count). The smallest absolute Gasteiger partial charge is 0.0745 e. The summed E-state index contributed by atoms with van der Waals surface area (Å²) in [6.07, 6.45) is 0.580. The van der Waals surface area contributed by atoms with Crippen molar-refractivity contribution in [3.8, 4) is 0 Å². The van der Waals surface area contributed by atoms with E-state index in [0.717, 1.165) is 6.42 Å². The van der Waals surface area contributed by atoms with Crippen LogP contribution in [0.4, 0.5) is 0 Å². The molecule has 0 bridgehead atoms. The number of aliphatic hydroxyl groups excluding tert-OH is 1. The maximum absolute atomic E-state index is 9.15. The summed E-state index contributed by atoms with van der Waals surface area (Å²) < 4.78 is 5.75. The Hall–Kier alpha value is -0.0800. The Bertz CT molecular complexity index is 147. The van der Waals surface area contributed by atoms with Crippen LogP contribution in [0.2, 0.25) is 0 Å². The second-order valence-electron chi connectivity index (χ2n) is 4.99. The molecule has 0 radical (unpaired) electrons. The van der Waals surface area contributed by atoms with E-state index in [9.17, 15) is 0 Å². The molecular weight excluding hydrogens is 164 g/mol. The van der Waals surface area contributed by atoms with Gasteiger partial charge in [0.1, 0.15) is 0 Å². The van der Waals surface area contributed by atoms with Gasteiger partial charge in [-0.15, -0.1) is 0 Å². The zero-order chi connectivity index (χ0) is 10.7. The zero-order valence-electron chi connectivity index (χ0n) is 9.85. The van der Waals surface area contributed by atoms with Gasteiger partial charge in [0, 0.05) is 0 Å². The fourth-order valence-electron chi connectivity index (χ4n) is 1.15. The minimum absolute atomic E-state index is 0.108. The molecule has 0 aliphatic heterocycles. The van der Waals surface area contributed by atoms with Gasteiger partial charge in [0.25, 0.3) is 0 Å². The van der Waals surface area contributed by atoms with E-state index in [-0.39, 0.29) is 17.1 Å². The maximum atomic E-state index is 9.15. The molecule has 0 aromatic carbocycles. The first kappa shape index (κ1) is 12.9. The highest BCUT2D eigenvalue weighted by atomic mass is 16.5. The van der Waals surface area contributed by atoms with Gasteiger partial charge in [0.05, 0.1) is 18.3 Å². The Morgan fingerprint density at radius 3 is 1.92 bits per heavy atom. The summed E-state index contributed by atoms with van der Waals surface area (Å²) in [5.41, 5.74) is -0.0410. The zero-order valence-corrected chi connectivity index (χ0v) is 9.85. The van der Waals surface area contributed by atoms with Crippen LogP contribution in [0, 0.1) is 5.41 Å². The molecule has 0 aliphatic rings. The van der Waals surface area contributed by atoms with Crippen molar-refractivity contribution in [3.63, 3.8) is 0 Å². The lowest BCUT2D eigenvalue weighted by atomic mass is 9.76. The molecule has 2 unspecified atom stereocenters. The Balaban J connectivity index is 4.29. The van der Waals surface area contributed by atoms with Crippen molar-refractivity contribution in [1.82, 2.24) is 0 Å². The quantitative estimate of drug-likeness (QED) is 0.735. The fourth-order valence-corrected chi connectivity index (χ4v) is 1.15. The molecule has 0 heterocycles. The number of rotatable bonds is 4. The van der Waals surface area contributed by atoms with Gasteiger partial charge in [-0.3, -0.25) is 0 Å². The molecule has 0 aliphatic carbocycles. The Morgan fingerprint density at radius 1 is 1.23 bits per heavy atom. The third-order valence-corrected chi connectivity index (χ3v) is 2.90. The first-order chi connectivity index (χ1) is 5.73. The molecule has 2 nitrogen and oxygen atoms in total. The monoisotopic (exact) mass is 188 g/mol. The summed E-state index contributed by atoms with van der Waals surface area (Å²) in [5.74, 6) is 0. The van der Waals surface area contributed by atoms with Gasteiger partial charge in [-0.25, -0.2) is 0 Å². The SMILES string of the molecule is CCC(C)(OCC(C)O)C(C)(C)C. The molecule has 0 amide bonds. The third-order valence-electron chi connectivity index (χ3n) is 2.90. The largest absolute Gasteiger partial charge is 0.391 e. The van der Waals surface area contributed by atoms with E-state index in [4.69, 9.17) is 9.84 Å². The lowest BCUT2D eigenvalue weighted by Crippen LogP contribution is -2.43. The van der Waals surface area contributed by atoms with Crippen LogP contribution in [-0.2, 0) is 4.74 Å². The number of aliphatic hydroxyl groups is 1. The minimum atomic E-state index is -0.381. The molecule has 0 saturated carbocycles. The van der Waals surface area contributed by atoms with Crippen LogP contribution in [0.3, 0.4) is 0 Å². The van der Waals surface area contributed by atoms with Gasteiger partial charge in [0.15, 0.2) is 0 Å². The second-order valence-corrected chi connectivity index (χ2v) is 4.99. The molecule has 0 spiro atoms. The molecule has 2 heteroatoms. The van der Waals surface area contributed by atoms with Gasteiger partial charge in [-0.05, 0) is 25.7 Å². The maximum Gasteiger partial charge on any atom is 0.0745 e. The van der Waals surface area contributed by atoms with Gasteiger partial charge >= 0.3 is 0 Å². The van der Waals surface area contributed by atoms with E-state index >= 15 is 0 Å². The summed E-state index contributed by atoms with van der Waals surface area (Å²) in [6.45, 7) is 12.9. The van der Waals surface area contributed by atoms with Crippen LogP contribution in [0.1, 0.15) is 48.0 Å². The average Bonchev–Trinajstić information content (AvgIpc) is 1.98. The number of hydrogen-bond donors (Lipinski definition) is 1. The van der Waals surface area contributed by atoms with Crippen LogP contribution in [-0.4, -0.2) is 23.4 Å². The first-order valence-electron chi connectivity index (χ1n) is 5.05. The predicted molar refractivity (Wildman–Crippen MR) is 55.8 cm³/mol. The number of ether oxygens (including phenoxy) is 1. The summed E-state index contributed by atoms with van der Waals surface area (Å²) in [7, 11) is 0. The molecule has 0 fully saturated rings. The van der Waals surface area contributed by atoms with Crippen molar-refractivity contribution >= 4 is 0 Å². The Labute approximate surface area is 82.3 Å². The summed E-state index contributed by atoms with van der Waals surface area (Å²) in [6, 6.07) is 0. The topological polar surface area (TPSA) is 29.5 Å². The third kappa shape index (κ3) is 3.65. The van der Waals surface area contributed by atoms with Crippen LogP contribution in [0.5, 0.6) is 0 Å². The summed E-state index contributed by atoms with van der Waals surface area (Å²) in [4.78, 5) is 0. The summed E-state index contributed by atoms with van der Waals surface area (Å²) >= 11 is 0. The van der Waals surface area contributed by atoms with Crippen molar-refractivity contribution in [2.24, 2.45) is 5.41 Å². The molecule has 2 atom stereocenters. The molecule has 13 heavy (non-hydrogen) atoms. The highest BCUT2D eigenvalue weighted by molar-refractivity contribution is 4.87. The fraction of sp³-hybridized carbons (Fsp3) is 1.00. The van der Waals surface area contributed by atoms with Gasteiger partial charge in [-0.2, -0.15) is 0 Å². The lowest BCUT2D eigenvalue weighted by Gasteiger charge is -2.41. The van der Waals surface area contributed by atoms with E-state index in [0.29, 0.717) is 6.61 Å². The lowest BCUT2D eigenvalue weighted by molar-refractivity contribution is -0.126. The molecule has 0 aromatic rings. The molecule has 0 saturated heterocycles. The molecule has 80 valence electrons. The van der Waals surface area contributed by atoms with Crippen molar-refractivity contribution in [1.29, 1.82) is 0 Å². The molecular formula is C11H24O2. The van der Waals surface area contributed by atoms with E-state index < -0.39 is 0 Å². The summed E-state index contributed by atoms with van der Waals surface area (Å²) in [5, 5.41) is 9.15. The van der Waals surface area contributed by atoms with Crippen LogP contribution in [0.25, 0.3) is 0 Å². The Kier molecular flexibility index (Phi) is 4.40. The Morgan fingerprint density at radius 2 is 1.69 bits per heavy atom. The van der Waals surface area contributed by atoms with Crippen molar-refractivity contribution in [3.05, 3.63) is 0 Å². The van der Waals surface area contributed by atoms with Crippen LogP contribution in [0.15, 0.2) is 0 Å². The van der Waals surface area contributed by atoms with E-state index in [1.807, 2.05) is 0 Å². The highest BCUT2D eigenvalue weighted by Gasteiger charge is 2.36. The normalized spacial score (nSPS) is 19.6. The van der Waals surface area contributed by atoms with E-state index in [2.05, 4.69) is 34.6 Å². The van der Waals surface area contributed by atoms with Gasteiger partial charge in [0.2, 0.25) is 0 Å². The van der Waals surface area contributed by atoms with Gasteiger partial charge in [-0.1, -0.05) is 27.7 Å². The van der Waals surface area contributed by atoms with Crippen LogP contribution < -0.4 is 0 Å². The highest BCUT2D eigenvalue weighted by Crippen LogP contribution is 2.36. The van der Waals surface area contributed by atoms with Crippen molar-refractivity contribution in [2.75, 3.05) is 6.61 Å². The number of hydrogen-bond acceptors (Lipinski definition) is 2. The minimum Gasteiger partial charge on any atom is -0.391 e. The van der Waals surface area contributed by atoms with Crippen LogP contribution >= 0.6 is 0 Å². The van der Waals surface area contributed by atoms with E-state index in [1.54, 1.807) is 6.92 Å².